The molecule has 1 aromatic carbocycles. The Morgan fingerprint density at radius 3 is 2.57 bits per heavy atom. The molecule has 2 N–H and O–H groups in total. The molecule has 6 nitrogen and oxygen atoms in total. The predicted octanol–water partition coefficient (Wildman–Crippen LogP) is 4.53. The number of nitrogens with one attached hydrogen (secondary N) is 2. The topological polar surface area (TPSA) is 69.7 Å². The molecule has 5 rings (SSSR count). The van der Waals surface area contributed by atoms with Crippen LogP contribution in [0.1, 0.15) is 13.8 Å². The summed E-state index contributed by atoms with van der Waals surface area (Å²) >= 11 is 6.51. The van der Waals surface area contributed by atoms with Crippen LogP contribution in [0.25, 0.3) is 33.7 Å². The summed E-state index contributed by atoms with van der Waals surface area (Å²) in [5.74, 6) is 1.77. The van der Waals surface area contributed by atoms with E-state index in [2.05, 4.69) is 46.2 Å². The molecule has 1 fully saturated rings. The minimum Gasteiger partial charge on any atom is -0.354 e. The van der Waals surface area contributed by atoms with Gasteiger partial charge in [0.15, 0.2) is 0 Å². The van der Waals surface area contributed by atoms with Crippen LogP contribution in [-0.4, -0.2) is 45.1 Å². The minimum absolute atomic E-state index is 0.448. The molecule has 2 atom stereocenters. The van der Waals surface area contributed by atoms with Crippen molar-refractivity contribution >= 4 is 28.5 Å². The number of hydrogen-bond donors (Lipinski definition) is 2. The van der Waals surface area contributed by atoms with Gasteiger partial charge < -0.3 is 15.2 Å². The average Bonchev–Trinajstić information content (AvgIpc) is 3.16. The first-order valence-corrected chi connectivity index (χ1v) is 10.5. The molecule has 4 heterocycles. The molecule has 1 saturated heterocycles. The van der Waals surface area contributed by atoms with Gasteiger partial charge in [0.25, 0.3) is 0 Å². The monoisotopic (exact) mass is 418 g/mol. The first-order valence-electron chi connectivity index (χ1n) is 10.1. The average molecular weight is 419 g/mol. The Bertz CT molecular complexity index is 1160. The fraction of sp³-hybridized carbons (Fsp3) is 0.261. The quantitative estimate of drug-likeness (QED) is 0.511. The molecule has 3 aromatic heterocycles. The summed E-state index contributed by atoms with van der Waals surface area (Å²) < 4.78 is 0. The van der Waals surface area contributed by atoms with Crippen LogP contribution in [0.5, 0.6) is 0 Å². The van der Waals surface area contributed by atoms with Crippen molar-refractivity contribution in [1.29, 1.82) is 0 Å². The molecule has 0 bridgehead atoms. The Balaban J connectivity index is 1.45. The van der Waals surface area contributed by atoms with E-state index in [9.17, 15) is 0 Å². The number of aromatic amines is 1. The van der Waals surface area contributed by atoms with Gasteiger partial charge in [0, 0.05) is 48.7 Å². The van der Waals surface area contributed by atoms with E-state index in [4.69, 9.17) is 21.6 Å². The molecular weight excluding hydrogens is 396 g/mol. The number of piperazine rings is 1. The number of rotatable bonds is 3. The lowest BCUT2D eigenvalue weighted by Gasteiger charge is -2.36. The molecule has 30 heavy (non-hydrogen) atoms. The smallest absolute Gasteiger partial charge is 0.140 e. The molecule has 0 spiro atoms. The van der Waals surface area contributed by atoms with E-state index >= 15 is 0 Å². The van der Waals surface area contributed by atoms with E-state index < -0.39 is 0 Å². The molecule has 0 amide bonds. The van der Waals surface area contributed by atoms with Crippen molar-refractivity contribution in [2.75, 3.05) is 18.0 Å². The van der Waals surface area contributed by atoms with Crippen LogP contribution in [-0.2, 0) is 0 Å². The Morgan fingerprint density at radius 1 is 1.03 bits per heavy atom. The second kappa shape index (κ2) is 7.70. The van der Waals surface area contributed by atoms with Gasteiger partial charge >= 0.3 is 0 Å². The van der Waals surface area contributed by atoms with Gasteiger partial charge in [-0.2, -0.15) is 0 Å². The number of imidazole rings is 1. The molecule has 0 radical (unpaired) electrons. The van der Waals surface area contributed by atoms with E-state index in [1.54, 1.807) is 6.20 Å². The first-order chi connectivity index (χ1) is 14.6. The van der Waals surface area contributed by atoms with Crippen molar-refractivity contribution < 1.29 is 0 Å². The number of anilines is 1. The van der Waals surface area contributed by atoms with Crippen molar-refractivity contribution in [2.45, 2.75) is 25.9 Å². The van der Waals surface area contributed by atoms with Gasteiger partial charge in [-0.15, -0.1) is 0 Å². The SMILES string of the molecule is CC1CN(c2ccc(-c3nc4cc(-c5ccccn5)c(Cl)cc4[nH]3)cn2)CC(C)N1. The number of hydrogen-bond acceptors (Lipinski definition) is 5. The number of fused-ring (bicyclic) bond motifs is 1. The van der Waals surface area contributed by atoms with Crippen LogP contribution in [0.15, 0.2) is 54.9 Å². The van der Waals surface area contributed by atoms with Gasteiger partial charge in [0.05, 0.1) is 21.7 Å². The zero-order valence-corrected chi connectivity index (χ0v) is 17.7. The second-order valence-corrected chi connectivity index (χ2v) is 8.34. The maximum absolute atomic E-state index is 6.51. The number of halogens is 1. The Morgan fingerprint density at radius 2 is 1.87 bits per heavy atom. The van der Waals surface area contributed by atoms with Crippen molar-refractivity contribution in [3.8, 4) is 22.6 Å². The van der Waals surface area contributed by atoms with E-state index in [0.717, 1.165) is 52.6 Å². The van der Waals surface area contributed by atoms with Gasteiger partial charge in [0.1, 0.15) is 11.6 Å². The largest absolute Gasteiger partial charge is 0.354 e. The lowest BCUT2D eigenvalue weighted by Crippen LogP contribution is -2.54. The number of aromatic nitrogens is 4. The number of benzene rings is 1. The molecule has 1 aliphatic rings. The van der Waals surface area contributed by atoms with Crippen LogP contribution in [0.2, 0.25) is 5.02 Å². The summed E-state index contributed by atoms with van der Waals surface area (Å²) in [5, 5.41) is 4.20. The third-order valence-electron chi connectivity index (χ3n) is 5.41. The van der Waals surface area contributed by atoms with Crippen molar-refractivity contribution in [3.05, 3.63) is 59.9 Å². The lowest BCUT2D eigenvalue weighted by molar-refractivity contribution is 0.405. The third kappa shape index (κ3) is 3.64. The van der Waals surface area contributed by atoms with Crippen molar-refractivity contribution in [3.63, 3.8) is 0 Å². The summed E-state index contributed by atoms with van der Waals surface area (Å²) in [5.41, 5.74) is 4.40. The van der Waals surface area contributed by atoms with Crippen LogP contribution >= 0.6 is 11.6 Å². The lowest BCUT2D eigenvalue weighted by atomic mass is 10.1. The van der Waals surface area contributed by atoms with Gasteiger partial charge in [0.2, 0.25) is 0 Å². The molecule has 0 saturated carbocycles. The minimum atomic E-state index is 0.448. The summed E-state index contributed by atoms with van der Waals surface area (Å²) in [6, 6.07) is 14.7. The van der Waals surface area contributed by atoms with Crippen LogP contribution < -0.4 is 10.2 Å². The second-order valence-electron chi connectivity index (χ2n) is 7.93. The van der Waals surface area contributed by atoms with Crippen LogP contribution in [0, 0.1) is 0 Å². The van der Waals surface area contributed by atoms with Gasteiger partial charge in [-0.3, -0.25) is 4.98 Å². The number of pyridine rings is 2. The molecule has 1 aliphatic heterocycles. The normalized spacial score (nSPS) is 19.4. The Kier molecular flexibility index (Phi) is 4.89. The fourth-order valence-corrected chi connectivity index (χ4v) is 4.37. The van der Waals surface area contributed by atoms with Crippen molar-refractivity contribution in [1.82, 2.24) is 25.3 Å². The maximum atomic E-state index is 6.51. The highest BCUT2D eigenvalue weighted by atomic mass is 35.5. The number of nitrogens with zero attached hydrogens (tertiary/aromatic N) is 4. The van der Waals surface area contributed by atoms with Gasteiger partial charge in [-0.25, -0.2) is 9.97 Å². The van der Waals surface area contributed by atoms with E-state index in [-0.39, 0.29) is 0 Å². The van der Waals surface area contributed by atoms with Crippen LogP contribution in [0.4, 0.5) is 5.82 Å². The zero-order chi connectivity index (χ0) is 20.7. The summed E-state index contributed by atoms with van der Waals surface area (Å²) in [7, 11) is 0. The summed E-state index contributed by atoms with van der Waals surface area (Å²) in [6.45, 7) is 6.32. The highest BCUT2D eigenvalue weighted by molar-refractivity contribution is 6.34. The number of H-pyrrole nitrogens is 1. The summed E-state index contributed by atoms with van der Waals surface area (Å²) in [6.07, 6.45) is 3.64. The molecule has 7 heteroatoms. The van der Waals surface area contributed by atoms with Crippen LogP contribution in [0.3, 0.4) is 0 Å². The highest BCUT2D eigenvalue weighted by Gasteiger charge is 2.22. The molecule has 152 valence electrons. The highest BCUT2D eigenvalue weighted by Crippen LogP contribution is 2.31. The Hall–Kier alpha value is -2.96. The van der Waals surface area contributed by atoms with E-state index in [1.807, 2.05) is 36.5 Å². The maximum Gasteiger partial charge on any atom is 0.140 e. The molecular formula is C23H23ClN6. The Labute approximate surface area is 180 Å². The third-order valence-corrected chi connectivity index (χ3v) is 5.73. The van der Waals surface area contributed by atoms with Gasteiger partial charge in [-0.1, -0.05) is 17.7 Å². The first kappa shape index (κ1) is 19.0. The van der Waals surface area contributed by atoms with Gasteiger partial charge in [-0.05, 0) is 50.2 Å². The van der Waals surface area contributed by atoms with E-state index in [0.29, 0.717) is 17.1 Å². The molecule has 2 unspecified atom stereocenters. The zero-order valence-electron chi connectivity index (χ0n) is 16.9. The summed E-state index contributed by atoms with van der Waals surface area (Å²) in [4.78, 5) is 19.6. The predicted molar refractivity (Wildman–Crippen MR) is 122 cm³/mol. The molecule has 0 aliphatic carbocycles. The van der Waals surface area contributed by atoms with Crippen molar-refractivity contribution in [2.24, 2.45) is 0 Å². The standard InChI is InChI=1S/C23H23ClN6/c1-14-12-30(13-15(2)27-14)22-7-6-16(11-26-22)23-28-20-9-17(18(24)10-21(20)29-23)19-5-3-4-8-25-19/h3-11,14-15,27H,12-13H2,1-2H3,(H,28,29). The van der Waals surface area contributed by atoms with E-state index in [1.165, 1.54) is 0 Å². The molecule has 4 aromatic rings. The fourth-order valence-electron chi connectivity index (χ4n) is 4.11.